The van der Waals surface area contributed by atoms with E-state index < -0.39 is 34.3 Å². The molecule has 2 amide bonds. The largest absolute Gasteiger partial charge is 0.354 e. The molecule has 0 unspecified atom stereocenters. The second-order valence-electron chi connectivity index (χ2n) is 8.58. The molecule has 0 aromatic heterocycles. The zero-order valence-electron chi connectivity index (χ0n) is 20.1. The Kier molecular flexibility index (Phi) is 10.4. The van der Waals surface area contributed by atoms with Crippen molar-refractivity contribution in [2.75, 3.05) is 23.7 Å². The molecule has 0 radical (unpaired) electrons. The summed E-state index contributed by atoms with van der Waals surface area (Å²) in [5, 5.41) is 3.09. The summed E-state index contributed by atoms with van der Waals surface area (Å²) < 4.78 is 39.6. The highest BCUT2D eigenvalue weighted by Crippen LogP contribution is 2.25. The van der Waals surface area contributed by atoms with Crippen molar-refractivity contribution < 1.29 is 22.4 Å². The van der Waals surface area contributed by atoms with Crippen molar-refractivity contribution in [1.82, 2.24) is 10.2 Å². The number of anilines is 1. The van der Waals surface area contributed by atoms with Crippen LogP contribution in [0.15, 0.2) is 42.5 Å². The van der Waals surface area contributed by atoms with Gasteiger partial charge in [0.2, 0.25) is 21.8 Å². The zero-order valence-corrected chi connectivity index (χ0v) is 22.4. The third kappa shape index (κ3) is 8.37. The van der Waals surface area contributed by atoms with Crippen LogP contribution in [0, 0.1) is 11.7 Å². The molecule has 0 spiro atoms. The zero-order chi connectivity index (χ0) is 26.3. The van der Waals surface area contributed by atoms with Crippen LogP contribution in [0.25, 0.3) is 0 Å². The smallest absolute Gasteiger partial charge is 0.244 e. The maximum absolute atomic E-state index is 13.7. The van der Waals surface area contributed by atoms with Gasteiger partial charge in [0, 0.05) is 18.1 Å². The molecule has 2 aromatic rings. The summed E-state index contributed by atoms with van der Waals surface area (Å²) in [6.07, 6.45) is 1.25. The minimum absolute atomic E-state index is 0.0380. The standard InChI is InChI=1S/C24H30Cl2FN3O4S/c1-5-22(24(32)28-13-16(2)3)29(14-17-6-8-18(25)9-7-17)23(31)15-30(35(4,33)34)19-10-11-21(27)20(26)12-19/h6-12,16,22H,5,13-15H2,1-4H3,(H,28,32)/t22-/m0/s1. The van der Waals surface area contributed by atoms with E-state index in [0.717, 1.165) is 22.7 Å². The van der Waals surface area contributed by atoms with Crippen LogP contribution < -0.4 is 9.62 Å². The highest BCUT2D eigenvalue weighted by Gasteiger charge is 2.32. The van der Waals surface area contributed by atoms with Gasteiger partial charge in [0.15, 0.2) is 0 Å². The first-order chi connectivity index (χ1) is 16.3. The van der Waals surface area contributed by atoms with E-state index in [1.165, 1.54) is 11.0 Å². The Morgan fingerprint density at radius 2 is 1.71 bits per heavy atom. The molecule has 35 heavy (non-hydrogen) atoms. The van der Waals surface area contributed by atoms with Gasteiger partial charge in [-0.25, -0.2) is 12.8 Å². The predicted octanol–water partition coefficient (Wildman–Crippen LogP) is 4.48. The Hall–Kier alpha value is -2.36. The maximum Gasteiger partial charge on any atom is 0.244 e. The topological polar surface area (TPSA) is 86.8 Å². The van der Waals surface area contributed by atoms with Gasteiger partial charge in [-0.05, 0) is 48.2 Å². The first-order valence-corrected chi connectivity index (χ1v) is 13.7. The van der Waals surface area contributed by atoms with Crippen LogP contribution in [0.3, 0.4) is 0 Å². The second kappa shape index (κ2) is 12.6. The number of amides is 2. The molecule has 0 saturated carbocycles. The summed E-state index contributed by atoms with van der Waals surface area (Å²) in [6, 6.07) is 9.36. The van der Waals surface area contributed by atoms with Gasteiger partial charge in [0.05, 0.1) is 17.0 Å². The lowest BCUT2D eigenvalue weighted by Crippen LogP contribution is -2.52. The molecule has 0 bridgehead atoms. The van der Waals surface area contributed by atoms with Crippen LogP contribution in [0.1, 0.15) is 32.8 Å². The van der Waals surface area contributed by atoms with E-state index in [4.69, 9.17) is 23.2 Å². The van der Waals surface area contributed by atoms with Crippen LogP contribution in [-0.2, 0) is 26.2 Å². The Labute approximate surface area is 216 Å². The van der Waals surface area contributed by atoms with E-state index in [9.17, 15) is 22.4 Å². The van der Waals surface area contributed by atoms with Gasteiger partial charge >= 0.3 is 0 Å². The number of hydrogen-bond donors (Lipinski definition) is 1. The second-order valence-corrected chi connectivity index (χ2v) is 11.3. The molecule has 2 rings (SSSR count). The molecule has 0 aliphatic rings. The summed E-state index contributed by atoms with van der Waals surface area (Å²) in [5.41, 5.74) is 0.754. The van der Waals surface area contributed by atoms with E-state index in [-0.39, 0.29) is 29.1 Å². The highest BCUT2D eigenvalue weighted by atomic mass is 35.5. The quantitative estimate of drug-likeness (QED) is 0.451. The van der Waals surface area contributed by atoms with Crippen LogP contribution in [-0.4, -0.2) is 50.5 Å². The summed E-state index contributed by atoms with van der Waals surface area (Å²) in [7, 11) is -3.94. The fourth-order valence-electron chi connectivity index (χ4n) is 3.38. The number of nitrogens with one attached hydrogen (secondary N) is 1. The summed E-state index contributed by atoms with van der Waals surface area (Å²) in [4.78, 5) is 27.9. The number of nitrogens with zero attached hydrogens (tertiary/aromatic N) is 2. The van der Waals surface area contributed by atoms with Crippen molar-refractivity contribution in [3.05, 3.63) is 63.9 Å². The molecule has 0 fully saturated rings. The first kappa shape index (κ1) is 28.9. The molecule has 0 saturated heterocycles. The number of rotatable bonds is 11. The number of carbonyl (C=O) groups is 2. The van der Waals surface area contributed by atoms with Crippen molar-refractivity contribution in [3.8, 4) is 0 Å². The number of hydrogen-bond acceptors (Lipinski definition) is 4. The monoisotopic (exact) mass is 545 g/mol. The minimum Gasteiger partial charge on any atom is -0.354 e. The molecule has 192 valence electrons. The lowest BCUT2D eigenvalue weighted by molar-refractivity contribution is -0.140. The molecule has 11 heteroatoms. The van der Waals surface area contributed by atoms with Crippen LogP contribution in [0.2, 0.25) is 10.0 Å². The number of sulfonamides is 1. The van der Waals surface area contributed by atoms with Crippen molar-refractivity contribution in [2.24, 2.45) is 5.92 Å². The summed E-state index contributed by atoms with van der Waals surface area (Å²) in [5.74, 6) is -1.44. The first-order valence-electron chi connectivity index (χ1n) is 11.1. The Balaban J connectivity index is 2.43. The summed E-state index contributed by atoms with van der Waals surface area (Å²) >= 11 is 11.8. The molecular formula is C24H30Cl2FN3O4S. The molecule has 0 aliphatic heterocycles. The van der Waals surface area contributed by atoms with E-state index in [2.05, 4.69) is 5.32 Å². The number of benzene rings is 2. The summed E-state index contributed by atoms with van der Waals surface area (Å²) in [6.45, 7) is 5.58. The lowest BCUT2D eigenvalue weighted by Gasteiger charge is -2.33. The van der Waals surface area contributed by atoms with Gasteiger partial charge in [-0.1, -0.05) is 56.1 Å². The molecule has 1 N–H and O–H groups in total. The van der Waals surface area contributed by atoms with Crippen LogP contribution >= 0.6 is 23.2 Å². The van der Waals surface area contributed by atoms with Gasteiger partial charge in [-0.15, -0.1) is 0 Å². The van der Waals surface area contributed by atoms with Crippen molar-refractivity contribution in [2.45, 2.75) is 39.8 Å². The fourth-order valence-corrected chi connectivity index (χ4v) is 4.52. The predicted molar refractivity (Wildman–Crippen MR) is 138 cm³/mol. The maximum atomic E-state index is 13.7. The highest BCUT2D eigenvalue weighted by molar-refractivity contribution is 7.92. The van der Waals surface area contributed by atoms with Crippen molar-refractivity contribution in [1.29, 1.82) is 0 Å². The van der Waals surface area contributed by atoms with Crippen LogP contribution in [0.5, 0.6) is 0 Å². The SMILES string of the molecule is CC[C@@H](C(=O)NCC(C)C)N(Cc1ccc(Cl)cc1)C(=O)CN(c1ccc(F)c(Cl)c1)S(C)(=O)=O. The van der Waals surface area contributed by atoms with Gasteiger partial charge in [0.1, 0.15) is 18.4 Å². The molecule has 0 heterocycles. The van der Waals surface area contributed by atoms with Gasteiger partial charge in [-0.3, -0.25) is 13.9 Å². The van der Waals surface area contributed by atoms with Gasteiger partial charge in [0.25, 0.3) is 0 Å². The average Bonchev–Trinajstić information content (AvgIpc) is 2.78. The number of halogens is 3. The fraction of sp³-hybridized carbons (Fsp3) is 0.417. The number of carbonyl (C=O) groups excluding carboxylic acids is 2. The van der Waals surface area contributed by atoms with E-state index in [0.29, 0.717) is 23.6 Å². The third-order valence-electron chi connectivity index (χ3n) is 5.21. The van der Waals surface area contributed by atoms with E-state index >= 15 is 0 Å². The Morgan fingerprint density at radius 1 is 1.09 bits per heavy atom. The van der Waals surface area contributed by atoms with Gasteiger partial charge < -0.3 is 10.2 Å². The minimum atomic E-state index is -3.94. The molecule has 7 nitrogen and oxygen atoms in total. The van der Waals surface area contributed by atoms with Crippen molar-refractivity contribution >= 4 is 50.7 Å². The molecule has 1 atom stereocenters. The normalized spacial score (nSPS) is 12.3. The van der Waals surface area contributed by atoms with Gasteiger partial charge in [-0.2, -0.15) is 0 Å². The molecule has 0 aliphatic carbocycles. The Bertz CT molecular complexity index is 1140. The molecule has 2 aromatic carbocycles. The van der Waals surface area contributed by atoms with E-state index in [1.807, 2.05) is 13.8 Å². The van der Waals surface area contributed by atoms with E-state index in [1.54, 1.807) is 31.2 Å². The third-order valence-corrected chi connectivity index (χ3v) is 6.89. The van der Waals surface area contributed by atoms with Crippen molar-refractivity contribution in [3.63, 3.8) is 0 Å². The molecular weight excluding hydrogens is 516 g/mol. The Morgan fingerprint density at radius 3 is 2.23 bits per heavy atom. The van der Waals surface area contributed by atoms with Crippen LogP contribution in [0.4, 0.5) is 10.1 Å². The lowest BCUT2D eigenvalue weighted by atomic mass is 10.1. The average molecular weight is 546 g/mol.